The molecule has 6 heteroatoms. The standard InChI is InChI=1S/C20H20FNO.C20H18FNO/c2*1-20(2,3)16-9-5-4-8-15(16)19(23)14-11-13-7-6-10-17(21)18(13)22-12-14/h4-12,19,23H,1-3H3;4-12H,1-3H3. The highest BCUT2D eigenvalue weighted by molar-refractivity contribution is 6.11. The van der Waals surface area contributed by atoms with Crippen molar-refractivity contribution >= 4 is 27.6 Å². The van der Waals surface area contributed by atoms with Gasteiger partial charge in [-0.15, -0.1) is 0 Å². The first kappa shape index (κ1) is 32.6. The maximum atomic E-state index is 13.7. The number of hydrogen-bond donors (Lipinski definition) is 1. The van der Waals surface area contributed by atoms with E-state index in [9.17, 15) is 18.7 Å². The summed E-state index contributed by atoms with van der Waals surface area (Å²) in [4.78, 5) is 21.2. The Hall–Kier alpha value is -4.81. The summed E-state index contributed by atoms with van der Waals surface area (Å²) in [7, 11) is 0. The Morgan fingerprint density at radius 2 is 1.17 bits per heavy atom. The van der Waals surface area contributed by atoms with Crippen molar-refractivity contribution in [1.82, 2.24) is 9.97 Å². The average Bonchev–Trinajstić information content (AvgIpc) is 3.03. The maximum absolute atomic E-state index is 13.7. The van der Waals surface area contributed by atoms with Crippen LogP contribution in [-0.4, -0.2) is 20.9 Å². The molecule has 234 valence electrons. The SMILES string of the molecule is CC(C)(C)c1ccccc1C(=O)c1cnc2c(F)cccc2c1.CC(C)(C)c1ccccc1C(O)c1cnc2c(F)cccc2c1. The number of halogens is 2. The molecule has 6 aromatic rings. The quantitative estimate of drug-likeness (QED) is 0.200. The number of carbonyl (C=O) groups is 1. The van der Waals surface area contributed by atoms with Crippen molar-refractivity contribution in [2.75, 3.05) is 0 Å². The number of fused-ring (bicyclic) bond motifs is 2. The van der Waals surface area contributed by atoms with Crippen molar-refractivity contribution in [2.24, 2.45) is 0 Å². The minimum absolute atomic E-state index is 0.0754. The third kappa shape index (κ3) is 6.87. The van der Waals surface area contributed by atoms with E-state index < -0.39 is 6.10 Å². The molecule has 4 aromatic carbocycles. The fourth-order valence-electron chi connectivity index (χ4n) is 5.63. The highest BCUT2D eigenvalue weighted by Gasteiger charge is 2.24. The molecule has 0 radical (unpaired) electrons. The van der Waals surface area contributed by atoms with Crippen LogP contribution in [0.25, 0.3) is 21.8 Å². The van der Waals surface area contributed by atoms with Gasteiger partial charge in [0.15, 0.2) is 5.78 Å². The minimum atomic E-state index is -0.786. The number of rotatable bonds is 4. The molecule has 0 amide bonds. The summed E-state index contributed by atoms with van der Waals surface area (Å²) in [5.74, 6) is -0.815. The van der Waals surface area contributed by atoms with Crippen LogP contribution in [0.3, 0.4) is 0 Å². The molecule has 1 atom stereocenters. The molecule has 1 unspecified atom stereocenters. The van der Waals surface area contributed by atoms with E-state index in [1.807, 2.05) is 48.5 Å². The molecular formula is C40H38F2N2O2. The van der Waals surface area contributed by atoms with Gasteiger partial charge in [-0.05, 0) is 51.8 Å². The average molecular weight is 617 g/mol. The van der Waals surface area contributed by atoms with E-state index >= 15 is 0 Å². The van der Waals surface area contributed by atoms with Gasteiger partial charge in [0.2, 0.25) is 0 Å². The van der Waals surface area contributed by atoms with Gasteiger partial charge in [-0.25, -0.2) is 8.78 Å². The largest absolute Gasteiger partial charge is 0.384 e. The van der Waals surface area contributed by atoms with Crippen molar-refractivity contribution in [2.45, 2.75) is 58.5 Å². The Balaban J connectivity index is 0.000000181. The molecule has 2 aromatic heterocycles. The molecule has 0 aliphatic carbocycles. The van der Waals surface area contributed by atoms with E-state index in [0.29, 0.717) is 33.0 Å². The number of nitrogens with zero attached hydrogens (tertiary/aromatic N) is 2. The van der Waals surface area contributed by atoms with Gasteiger partial charge in [0, 0.05) is 39.9 Å². The van der Waals surface area contributed by atoms with Gasteiger partial charge in [-0.3, -0.25) is 14.8 Å². The van der Waals surface area contributed by atoms with Crippen LogP contribution in [0.1, 0.15) is 85.8 Å². The summed E-state index contributed by atoms with van der Waals surface area (Å²) in [5.41, 5.74) is 5.14. The molecule has 0 aliphatic rings. The van der Waals surface area contributed by atoms with Crippen molar-refractivity contribution in [1.29, 1.82) is 0 Å². The second-order valence-electron chi connectivity index (χ2n) is 13.5. The van der Waals surface area contributed by atoms with E-state index in [0.717, 1.165) is 16.7 Å². The first-order valence-electron chi connectivity index (χ1n) is 15.3. The summed E-state index contributed by atoms with van der Waals surface area (Å²) in [6.07, 6.45) is 2.22. The normalized spacial score (nSPS) is 12.5. The number of benzene rings is 4. The number of hydrogen-bond acceptors (Lipinski definition) is 4. The number of aliphatic hydroxyl groups excluding tert-OH is 1. The van der Waals surface area contributed by atoms with Crippen LogP contribution in [0.15, 0.2) is 109 Å². The summed E-state index contributed by atoms with van der Waals surface area (Å²) in [6, 6.07) is 28.6. The summed E-state index contributed by atoms with van der Waals surface area (Å²) < 4.78 is 27.5. The fourth-order valence-corrected chi connectivity index (χ4v) is 5.63. The smallest absolute Gasteiger partial charge is 0.194 e. The molecule has 0 saturated heterocycles. The number of aromatic nitrogens is 2. The highest BCUT2D eigenvalue weighted by Crippen LogP contribution is 2.33. The lowest BCUT2D eigenvalue weighted by Gasteiger charge is -2.25. The van der Waals surface area contributed by atoms with E-state index in [1.165, 1.54) is 18.3 Å². The van der Waals surface area contributed by atoms with Crippen LogP contribution in [-0.2, 0) is 10.8 Å². The highest BCUT2D eigenvalue weighted by atomic mass is 19.1. The van der Waals surface area contributed by atoms with Crippen LogP contribution in [0.4, 0.5) is 8.78 Å². The number of ketones is 1. The van der Waals surface area contributed by atoms with Gasteiger partial charge in [0.1, 0.15) is 28.8 Å². The van der Waals surface area contributed by atoms with E-state index in [-0.39, 0.29) is 33.8 Å². The molecule has 0 aliphatic heterocycles. The summed E-state index contributed by atoms with van der Waals surface area (Å²) in [5, 5.41) is 12.1. The zero-order valence-corrected chi connectivity index (χ0v) is 27.0. The van der Waals surface area contributed by atoms with Gasteiger partial charge in [-0.2, -0.15) is 0 Å². The van der Waals surface area contributed by atoms with Crippen molar-refractivity contribution in [3.05, 3.63) is 154 Å². The topological polar surface area (TPSA) is 63.1 Å². The van der Waals surface area contributed by atoms with E-state index in [2.05, 4.69) is 51.5 Å². The second-order valence-corrected chi connectivity index (χ2v) is 13.5. The van der Waals surface area contributed by atoms with Gasteiger partial charge < -0.3 is 5.11 Å². The number of pyridine rings is 2. The molecule has 1 N–H and O–H groups in total. The Morgan fingerprint density at radius 1 is 0.652 bits per heavy atom. The third-order valence-electron chi connectivity index (χ3n) is 7.97. The fraction of sp³-hybridized carbons (Fsp3) is 0.225. The van der Waals surface area contributed by atoms with Gasteiger partial charge in [-0.1, -0.05) is 114 Å². The summed E-state index contributed by atoms with van der Waals surface area (Å²) >= 11 is 0. The Kier molecular flexibility index (Phi) is 9.13. The zero-order valence-electron chi connectivity index (χ0n) is 27.0. The van der Waals surface area contributed by atoms with Crippen LogP contribution in [0.5, 0.6) is 0 Å². The molecule has 6 rings (SSSR count). The molecule has 2 heterocycles. The Morgan fingerprint density at radius 3 is 1.78 bits per heavy atom. The molecular weight excluding hydrogens is 578 g/mol. The predicted octanol–water partition coefficient (Wildman–Crippen LogP) is 9.66. The Labute approximate surface area is 268 Å². The zero-order chi connectivity index (χ0) is 33.2. The van der Waals surface area contributed by atoms with Crippen molar-refractivity contribution < 1.29 is 18.7 Å². The lowest BCUT2D eigenvalue weighted by Crippen LogP contribution is -2.17. The van der Waals surface area contributed by atoms with Crippen LogP contribution < -0.4 is 0 Å². The van der Waals surface area contributed by atoms with Crippen molar-refractivity contribution in [3.63, 3.8) is 0 Å². The number of para-hydroxylation sites is 2. The number of carbonyl (C=O) groups excluding carboxylic acids is 1. The van der Waals surface area contributed by atoms with Crippen LogP contribution >= 0.6 is 0 Å². The third-order valence-corrected chi connectivity index (χ3v) is 7.97. The van der Waals surface area contributed by atoms with Gasteiger partial charge in [0.25, 0.3) is 0 Å². The molecule has 0 spiro atoms. The molecule has 0 bridgehead atoms. The molecule has 4 nitrogen and oxygen atoms in total. The first-order valence-corrected chi connectivity index (χ1v) is 15.3. The first-order chi connectivity index (χ1) is 21.8. The summed E-state index contributed by atoms with van der Waals surface area (Å²) in [6.45, 7) is 12.6. The second kappa shape index (κ2) is 12.9. The van der Waals surface area contributed by atoms with Gasteiger partial charge in [0.05, 0.1) is 0 Å². The lowest BCUT2D eigenvalue weighted by molar-refractivity contribution is 0.103. The number of aliphatic hydroxyl groups is 1. The van der Waals surface area contributed by atoms with E-state index in [1.54, 1.807) is 42.6 Å². The molecule has 0 saturated carbocycles. The molecule has 46 heavy (non-hydrogen) atoms. The van der Waals surface area contributed by atoms with Gasteiger partial charge >= 0.3 is 0 Å². The monoisotopic (exact) mass is 616 g/mol. The van der Waals surface area contributed by atoms with E-state index in [4.69, 9.17) is 0 Å². The maximum Gasteiger partial charge on any atom is 0.194 e. The Bertz CT molecular complexity index is 2040. The van der Waals surface area contributed by atoms with Crippen LogP contribution in [0, 0.1) is 11.6 Å². The lowest BCUT2D eigenvalue weighted by atomic mass is 9.81. The van der Waals surface area contributed by atoms with Crippen molar-refractivity contribution in [3.8, 4) is 0 Å². The predicted molar refractivity (Wildman–Crippen MR) is 181 cm³/mol. The molecule has 0 fully saturated rings. The minimum Gasteiger partial charge on any atom is -0.384 e. The van der Waals surface area contributed by atoms with Crippen LogP contribution in [0.2, 0.25) is 0 Å².